The van der Waals surface area contributed by atoms with Crippen molar-refractivity contribution < 1.29 is 19.1 Å². The summed E-state index contributed by atoms with van der Waals surface area (Å²) >= 11 is 0. The lowest BCUT2D eigenvalue weighted by Crippen LogP contribution is -2.47. The molecule has 1 aromatic carbocycles. The molecular weight excluding hydrogens is 399 g/mol. The average Bonchev–Trinajstić information content (AvgIpc) is 3.44. The van der Waals surface area contributed by atoms with E-state index in [1.54, 1.807) is 24.1 Å². The number of aromatic amines is 1. The van der Waals surface area contributed by atoms with Gasteiger partial charge in [-0.25, -0.2) is 4.39 Å². The Morgan fingerprint density at radius 3 is 2.87 bits per heavy atom. The van der Waals surface area contributed by atoms with Gasteiger partial charge in [0.1, 0.15) is 18.1 Å². The normalized spacial score (nSPS) is 24.5. The number of hydrogen-bond acceptors (Lipinski definition) is 4. The minimum atomic E-state index is -0.457. The molecule has 4 rings (SSSR count). The molecule has 3 atom stereocenters. The number of nitrogens with one attached hydrogen (secondary N) is 2. The van der Waals surface area contributed by atoms with Crippen LogP contribution in [0.25, 0.3) is 10.9 Å². The molecule has 1 saturated carbocycles. The molecule has 0 radical (unpaired) electrons. The van der Waals surface area contributed by atoms with Gasteiger partial charge in [-0.15, -0.1) is 0 Å². The van der Waals surface area contributed by atoms with Gasteiger partial charge in [0.2, 0.25) is 5.91 Å². The first-order valence-corrected chi connectivity index (χ1v) is 11.1. The highest BCUT2D eigenvalue weighted by Crippen LogP contribution is 2.28. The molecule has 3 N–H and O–H groups in total. The Morgan fingerprint density at radius 2 is 2.13 bits per heavy atom. The van der Waals surface area contributed by atoms with Crippen molar-refractivity contribution in [3.8, 4) is 0 Å². The molecule has 1 aliphatic heterocycles. The molecule has 31 heavy (non-hydrogen) atoms. The lowest BCUT2D eigenvalue weighted by molar-refractivity contribution is -0.134. The molecule has 1 unspecified atom stereocenters. The zero-order valence-corrected chi connectivity index (χ0v) is 18.2. The molecule has 2 aliphatic rings. The molecule has 2 heterocycles. The maximum absolute atomic E-state index is 14.1. The second kappa shape index (κ2) is 8.96. The molecule has 0 bridgehead atoms. The van der Waals surface area contributed by atoms with E-state index < -0.39 is 6.61 Å². The fourth-order valence-electron chi connectivity index (χ4n) is 5.07. The summed E-state index contributed by atoms with van der Waals surface area (Å²) in [6, 6.07) is 5.28. The van der Waals surface area contributed by atoms with E-state index in [1.165, 1.54) is 6.07 Å². The van der Waals surface area contributed by atoms with Gasteiger partial charge in [-0.1, -0.05) is 6.07 Å². The summed E-state index contributed by atoms with van der Waals surface area (Å²) in [6.45, 7) is 3.15. The number of aromatic nitrogens is 1. The van der Waals surface area contributed by atoms with E-state index in [-0.39, 0.29) is 29.7 Å². The van der Waals surface area contributed by atoms with Crippen LogP contribution in [-0.2, 0) is 4.79 Å². The van der Waals surface area contributed by atoms with Crippen molar-refractivity contribution in [1.82, 2.24) is 20.1 Å². The van der Waals surface area contributed by atoms with Crippen LogP contribution in [0.1, 0.15) is 48.2 Å². The Kier molecular flexibility index (Phi) is 6.29. The molecule has 2 fully saturated rings. The second-order valence-corrected chi connectivity index (χ2v) is 8.93. The summed E-state index contributed by atoms with van der Waals surface area (Å²) < 4.78 is 14.1. The predicted octanol–water partition coefficient (Wildman–Crippen LogP) is 2.18. The standard InChI is InChI=1S/C23H31FN4O3/c1-14-6-7-19(24)18-11-20(26-22(14)18)23(31)25-15-4-3-5-16(10-15)28-9-8-17(12-28)27(2)21(30)13-29/h6-7,11,15-17,26,29H,3-5,8-10,12-13H2,1-2H3,(H,25,31)/t15-,16+,17?/m1/s1. The highest BCUT2D eigenvalue weighted by atomic mass is 19.1. The summed E-state index contributed by atoms with van der Waals surface area (Å²) in [5.41, 5.74) is 1.95. The van der Waals surface area contributed by atoms with Crippen molar-refractivity contribution in [3.05, 3.63) is 35.3 Å². The van der Waals surface area contributed by atoms with Gasteiger partial charge in [0.15, 0.2) is 0 Å². The minimum absolute atomic E-state index is 0.0689. The number of carbonyl (C=O) groups is 2. The minimum Gasteiger partial charge on any atom is -0.387 e. The Balaban J connectivity index is 1.37. The van der Waals surface area contributed by atoms with Crippen molar-refractivity contribution in [2.45, 2.75) is 57.2 Å². The lowest BCUT2D eigenvalue weighted by atomic mass is 9.90. The predicted molar refractivity (Wildman–Crippen MR) is 116 cm³/mol. The lowest BCUT2D eigenvalue weighted by Gasteiger charge is -2.36. The van der Waals surface area contributed by atoms with Gasteiger partial charge in [0.25, 0.3) is 5.91 Å². The summed E-state index contributed by atoms with van der Waals surface area (Å²) in [5.74, 6) is -0.777. The first-order chi connectivity index (χ1) is 14.9. The van der Waals surface area contributed by atoms with Crippen LogP contribution in [0.2, 0.25) is 0 Å². The summed E-state index contributed by atoms with van der Waals surface area (Å²) in [6.07, 6.45) is 4.80. The average molecular weight is 431 g/mol. The Bertz CT molecular complexity index is 936. The van der Waals surface area contributed by atoms with Crippen LogP contribution in [-0.4, -0.2) is 76.6 Å². The molecule has 2 amide bonds. The number of fused-ring (bicyclic) bond motifs is 1. The Hall–Kier alpha value is -2.45. The molecule has 8 heteroatoms. The number of likely N-dealkylation sites (N-methyl/N-ethyl adjacent to an activating group) is 1. The van der Waals surface area contributed by atoms with Crippen LogP contribution in [0.5, 0.6) is 0 Å². The Morgan fingerprint density at radius 1 is 1.32 bits per heavy atom. The number of aliphatic hydroxyl groups is 1. The van der Waals surface area contributed by atoms with Crippen LogP contribution in [0.15, 0.2) is 18.2 Å². The topological polar surface area (TPSA) is 88.7 Å². The highest BCUT2D eigenvalue weighted by Gasteiger charge is 2.34. The number of aryl methyl sites for hydroxylation is 1. The molecule has 7 nitrogen and oxygen atoms in total. The SMILES string of the molecule is Cc1ccc(F)c2cc(C(=O)N[C@@H]3CCC[C@H](N4CCC(N(C)C(=O)CO)C4)C3)[nH]c12. The van der Waals surface area contributed by atoms with Crippen molar-refractivity contribution in [3.63, 3.8) is 0 Å². The fraction of sp³-hybridized carbons (Fsp3) is 0.565. The molecule has 2 aromatic rings. The van der Waals surface area contributed by atoms with E-state index in [4.69, 9.17) is 5.11 Å². The summed E-state index contributed by atoms with van der Waals surface area (Å²) in [4.78, 5) is 31.8. The van der Waals surface area contributed by atoms with Crippen LogP contribution < -0.4 is 5.32 Å². The third kappa shape index (κ3) is 4.45. The van der Waals surface area contributed by atoms with Gasteiger partial charge < -0.3 is 20.3 Å². The van der Waals surface area contributed by atoms with Crippen LogP contribution in [0.3, 0.4) is 0 Å². The number of hydrogen-bond donors (Lipinski definition) is 3. The zero-order valence-electron chi connectivity index (χ0n) is 18.2. The maximum atomic E-state index is 14.1. The van der Waals surface area contributed by atoms with Crippen LogP contribution in [0, 0.1) is 12.7 Å². The third-order valence-corrected chi connectivity index (χ3v) is 6.96. The molecule has 1 aromatic heterocycles. The van der Waals surface area contributed by atoms with Crippen LogP contribution >= 0.6 is 0 Å². The van der Waals surface area contributed by atoms with E-state index in [1.807, 2.05) is 6.92 Å². The van der Waals surface area contributed by atoms with E-state index in [9.17, 15) is 14.0 Å². The number of rotatable bonds is 5. The van der Waals surface area contributed by atoms with Gasteiger partial charge in [-0.3, -0.25) is 14.5 Å². The van der Waals surface area contributed by atoms with Gasteiger partial charge in [-0.05, 0) is 56.7 Å². The first kappa shape index (κ1) is 21.8. The number of benzene rings is 1. The van der Waals surface area contributed by atoms with Crippen molar-refractivity contribution in [2.75, 3.05) is 26.7 Å². The number of likely N-dealkylation sites (tertiary alicyclic amines) is 1. The van der Waals surface area contributed by atoms with Gasteiger partial charge >= 0.3 is 0 Å². The van der Waals surface area contributed by atoms with Gasteiger partial charge in [0.05, 0.1) is 5.52 Å². The van der Waals surface area contributed by atoms with E-state index in [2.05, 4.69) is 15.2 Å². The summed E-state index contributed by atoms with van der Waals surface area (Å²) in [5, 5.41) is 12.7. The monoisotopic (exact) mass is 430 g/mol. The van der Waals surface area contributed by atoms with E-state index in [0.717, 1.165) is 50.8 Å². The Labute approximate surface area is 181 Å². The van der Waals surface area contributed by atoms with Crippen LogP contribution in [0.4, 0.5) is 4.39 Å². The third-order valence-electron chi connectivity index (χ3n) is 6.96. The first-order valence-electron chi connectivity index (χ1n) is 11.1. The van der Waals surface area contributed by atoms with E-state index >= 15 is 0 Å². The zero-order chi connectivity index (χ0) is 22.1. The maximum Gasteiger partial charge on any atom is 0.267 e. The van der Waals surface area contributed by atoms with Crippen molar-refractivity contribution in [2.24, 2.45) is 0 Å². The fourth-order valence-corrected chi connectivity index (χ4v) is 5.07. The second-order valence-electron chi connectivity index (χ2n) is 8.93. The molecular formula is C23H31FN4O3. The number of aliphatic hydroxyl groups excluding tert-OH is 1. The summed E-state index contributed by atoms with van der Waals surface area (Å²) in [7, 11) is 1.75. The highest BCUT2D eigenvalue weighted by molar-refractivity contribution is 5.99. The number of halogens is 1. The van der Waals surface area contributed by atoms with Gasteiger partial charge in [-0.2, -0.15) is 0 Å². The molecule has 0 spiro atoms. The van der Waals surface area contributed by atoms with E-state index in [0.29, 0.717) is 22.6 Å². The number of nitrogens with zero attached hydrogens (tertiary/aromatic N) is 2. The van der Waals surface area contributed by atoms with Gasteiger partial charge in [0, 0.05) is 43.6 Å². The number of amides is 2. The smallest absolute Gasteiger partial charge is 0.267 e. The largest absolute Gasteiger partial charge is 0.387 e. The number of carbonyl (C=O) groups excluding carboxylic acids is 2. The van der Waals surface area contributed by atoms with Crippen molar-refractivity contribution in [1.29, 1.82) is 0 Å². The quantitative estimate of drug-likeness (QED) is 0.679. The number of H-pyrrole nitrogens is 1. The molecule has 168 valence electrons. The molecule has 1 aliphatic carbocycles. The molecule has 1 saturated heterocycles. The van der Waals surface area contributed by atoms with Crippen molar-refractivity contribution >= 4 is 22.7 Å².